The number of alkyl halides is 3. The van der Waals surface area contributed by atoms with Gasteiger partial charge in [0.2, 0.25) is 0 Å². The van der Waals surface area contributed by atoms with Crippen molar-refractivity contribution in [2.75, 3.05) is 5.75 Å². The van der Waals surface area contributed by atoms with Gasteiger partial charge in [0, 0.05) is 33.1 Å². The van der Waals surface area contributed by atoms with Crippen molar-refractivity contribution >= 4 is 23.5 Å². The molecule has 4 atom stereocenters. The lowest BCUT2D eigenvalue weighted by Gasteiger charge is -2.35. The minimum atomic E-state index is -4.70. The molecular formula is C14H18F3NOS2. The number of hydrogen-bond acceptors (Lipinski definition) is 4. The first kappa shape index (κ1) is 16.8. The third-order valence-electron chi connectivity index (χ3n) is 3.48. The molecule has 0 bridgehead atoms. The number of halogens is 3. The van der Waals surface area contributed by atoms with Crippen LogP contribution in [0, 0.1) is 0 Å². The molecule has 4 unspecified atom stereocenters. The summed E-state index contributed by atoms with van der Waals surface area (Å²) in [6, 6.07) is 5.65. The molecule has 1 aromatic rings. The molecule has 2 nitrogen and oxygen atoms in total. The molecular weight excluding hydrogens is 319 g/mol. The normalized spacial score (nSPS) is 28.2. The van der Waals surface area contributed by atoms with Crippen LogP contribution < -0.4 is 10.5 Å². The van der Waals surface area contributed by atoms with Gasteiger partial charge < -0.3 is 10.5 Å². The van der Waals surface area contributed by atoms with Crippen molar-refractivity contribution in [2.45, 2.75) is 42.0 Å². The van der Waals surface area contributed by atoms with E-state index < -0.39 is 12.4 Å². The maximum atomic E-state index is 12.5. The summed E-state index contributed by atoms with van der Waals surface area (Å²) in [7, 11) is 0. The van der Waals surface area contributed by atoms with Gasteiger partial charge in [0.15, 0.2) is 0 Å². The van der Waals surface area contributed by atoms with E-state index in [1.165, 1.54) is 12.1 Å². The summed E-state index contributed by atoms with van der Waals surface area (Å²) in [5, 5.41) is 1.04. The zero-order valence-electron chi connectivity index (χ0n) is 11.8. The zero-order chi connectivity index (χ0) is 15.6. The molecule has 1 aliphatic heterocycles. The molecule has 1 saturated heterocycles. The molecule has 1 fully saturated rings. The van der Waals surface area contributed by atoms with Crippen molar-refractivity contribution in [3.05, 3.63) is 29.8 Å². The fourth-order valence-corrected chi connectivity index (χ4v) is 5.21. The lowest BCUT2D eigenvalue weighted by atomic mass is 10.0. The Balaban J connectivity index is 2.17. The molecule has 0 radical (unpaired) electrons. The third-order valence-corrected chi connectivity index (χ3v) is 6.99. The molecule has 21 heavy (non-hydrogen) atoms. The standard InChI is InChI=1S/C14H18F3NOS2/c1-8-9(2)21-12(7-20-8)13(18)10-5-3-4-6-11(10)19-14(15,16)17/h3-6,8-9,12-13H,7,18H2,1-2H3. The number of benzene rings is 1. The summed E-state index contributed by atoms with van der Waals surface area (Å²) < 4.78 is 41.5. The first-order valence-electron chi connectivity index (χ1n) is 6.65. The van der Waals surface area contributed by atoms with Crippen molar-refractivity contribution in [1.82, 2.24) is 0 Å². The van der Waals surface area contributed by atoms with Gasteiger partial charge in [-0.3, -0.25) is 0 Å². The Morgan fingerprint density at radius 3 is 2.52 bits per heavy atom. The van der Waals surface area contributed by atoms with E-state index in [9.17, 15) is 13.2 Å². The zero-order valence-corrected chi connectivity index (χ0v) is 13.4. The highest BCUT2D eigenvalue weighted by Crippen LogP contribution is 2.42. The molecule has 2 rings (SSSR count). The Bertz CT molecular complexity index is 484. The number of nitrogens with two attached hydrogens (primary N) is 1. The van der Waals surface area contributed by atoms with Crippen LogP contribution in [-0.2, 0) is 0 Å². The van der Waals surface area contributed by atoms with E-state index in [-0.39, 0.29) is 11.0 Å². The van der Waals surface area contributed by atoms with E-state index in [1.54, 1.807) is 23.9 Å². The van der Waals surface area contributed by atoms with Gasteiger partial charge in [-0.25, -0.2) is 0 Å². The summed E-state index contributed by atoms with van der Waals surface area (Å²) in [4.78, 5) is 0. The van der Waals surface area contributed by atoms with Crippen LogP contribution in [0.4, 0.5) is 13.2 Å². The number of ether oxygens (including phenoxy) is 1. The van der Waals surface area contributed by atoms with Crippen LogP contribution in [0.25, 0.3) is 0 Å². The molecule has 1 aliphatic rings. The lowest BCUT2D eigenvalue weighted by Crippen LogP contribution is -2.34. The Hall–Kier alpha value is -0.530. The highest BCUT2D eigenvalue weighted by Gasteiger charge is 2.35. The van der Waals surface area contributed by atoms with Gasteiger partial charge in [-0.1, -0.05) is 32.0 Å². The van der Waals surface area contributed by atoms with Crippen LogP contribution in [0.15, 0.2) is 24.3 Å². The first-order chi connectivity index (χ1) is 9.78. The summed E-state index contributed by atoms with van der Waals surface area (Å²) in [6.07, 6.45) is -4.70. The van der Waals surface area contributed by atoms with Crippen molar-refractivity contribution in [3.63, 3.8) is 0 Å². The van der Waals surface area contributed by atoms with Crippen LogP contribution in [0.2, 0.25) is 0 Å². The summed E-state index contributed by atoms with van der Waals surface area (Å²) in [5.41, 5.74) is 6.63. The Kier molecular flexibility index (Phi) is 5.38. The Morgan fingerprint density at radius 1 is 1.24 bits per heavy atom. The lowest BCUT2D eigenvalue weighted by molar-refractivity contribution is -0.275. The van der Waals surface area contributed by atoms with Crippen molar-refractivity contribution in [3.8, 4) is 5.75 Å². The second kappa shape index (κ2) is 6.71. The SMILES string of the molecule is CC1SCC(C(N)c2ccccc2OC(F)(F)F)SC1C. The maximum absolute atomic E-state index is 12.5. The second-order valence-corrected chi connectivity index (χ2v) is 8.06. The van der Waals surface area contributed by atoms with Gasteiger partial charge in [0.05, 0.1) is 0 Å². The van der Waals surface area contributed by atoms with Crippen LogP contribution in [0.1, 0.15) is 25.5 Å². The smallest absolute Gasteiger partial charge is 0.405 e. The highest BCUT2D eigenvalue weighted by atomic mass is 32.2. The van der Waals surface area contributed by atoms with E-state index in [4.69, 9.17) is 5.73 Å². The van der Waals surface area contributed by atoms with Crippen LogP contribution in [0.3, 0.4) is 0 Å². The summed E-state index contributed by atoms with van der Waals surface area (Å²) in [6.45, 7) is 4.28. The van der Waals surface area contributed by atoms with Crippen molar-refractivity contribution in [1.29, 1.82) is 0 Å². The summed E-state index contributed by atoms with van der Waals surface area (Å²) in [5.74, 6) is 0.631. The number of rotatable bonds is 3. The minimum Gasteiger partial charge on any atom is -0.405 e. The number of thioether (sulfide) groups is 2. The highest BCUT2D eigenvalue weighted by molar-refractivity contribution is 8.07. The number of hydrogen-bond donors (Lipinski definition) is 1. The minimum absolute atomic E-state index is 0.0826. The monoisotopic (exact) mass is 337 g/mol. The predicted octanol–water partition coefficient (Wildman–Crippen LogP) is 4.21. The predicted molar refractivity (Wildman–Crippen MR) is 82.8 cm³/mol. The van der Waals surface area contributed by atoms with Crippen LogP contribution in [0.5, 0.6) is 5.75 Å². The molecule has 1 heterocycles. The quantitative estimate of drug-likeness (QED) is 0.896. The third kappa shape index (κ3) is 4.47. The average molecular weight is 337 g/mol. The molecule has 0 aliphatic carbocycles. The fraction of sp³-hybridized carbons (Fsp3) is 0.571. The summed E-state index contributed by atoms with van der Waals surface area (Å²) >= 11 is 3.55. The topological polar surface area (TPSA) is 35.2 Å². The largest absolute Gasteiger partial charge is 0.573 e. The molecule has 2 N–H and O–H groups in total. The van der Waals surface area contributed by atoms with E-state index >= 15 is 0 Å². The molecule has 0 spiro atoms. The Labute approximate surface area is 131 Å². The van der Waals surface area contributed by atoms with Crippen molar-refractivity contribution in [2.24, 2.45) is 5.73 Å². The van der Waals surface area contributed by atoms with Crippen LogP contribution >= 0.6 is 23.5 Å². The molecule has 7 heteroatoms. The molecule has 0 saturated carbocycles. The van der Waals surface area contributed by atoms with E-state index in [2.05, 4.69) is 18.6 Å². The van der Waals surface area contributed by atoms with Crippen LogP contribution in [-0.4, -0.2) is 27.9 Å². The van der Waals surface area contributed by atoms with Gasteiger partial charge in [0.1, 0.15) is 5.75 Å². The Morgan fingerprint density at radius 2 is 1.90 bits per heavy atom. The second-order valence-electron chi connectivity index (χ2n) is 5.03. The van der Waals surface area contributed by atoms with E-state index in [1.807, 2.05) is 11.8 Å². The van der Waals surface area contributed by atoms with E-state index in [0.717, 1.165) is 5.75 Å². The molecule has 0 aromatic heterocycles. The van der Waals surface area contributed by atoms with Gasteiger partial charge in [-0.15, -0.1) is 13.2 Å². The maximum Gasteiger partial charge on any atom is 0.573 e. The first-order valence-corrected chi connectivity index (χ1v) is 8.64. The van der Waals surface area contributed by atoms with Gasteiger partial charge in [-0.05, 0) is 6.07 Å². The molecule has 1 aromatic carbocycles. The molecule has 0 amide bonds. The van der Waals surface area contributed by atoms with Gasteiger partial charge in [-0.2, -0.15) is 23.5 Å². The molecule has 118 valence electrons. The van der Waals surface area contributed by atoms with E-state index in [0.29, 0.717) is 16.1 Å². The van der Waals surface area contributed by atoms with Gasteiger partial charge in [0.25, 0.3) is 0 Å². The van der Waals surface area contributed by atoms with Crippen molar-refractivity contribution < 1.29 is 17.9 Å². The average Bonchev–Trinajstić information content (AvgIpc) is 2.40. The number of para-hydroxylation sites is 1. The fourth-order valence-electron chi connectivity index (χ4n) is 2.17. The van der Waals surface area contributed by atoms with Gasteiger partial charge >= 0.3 is 6.36 Å².